The van der Waals surface area contributed by atoms with Gasteiger partial charge in [-0.2, -0.15) is 13.2 Å². The fraction of sp³-hybridized carbons (Fsp3) is 0.500. The van der Waals surface area contributed by atoms with Crippen LogP contribution in [0.5, 0.6) is 0 Å². The second-order valence-corrected chi connectivity index (χ2v) is 5.06. The first-order valence-electron chi connectivity index (χ1n) is 5.60. The Morgan fingerprint density at radius 1 is 1.26 bits per heavy atom. The van der Waals surface area contributed by atoms with Crippen LogP contribution >= 0.6 is 24.0 Å². The monoisotopic (exact) mass is 315 g/mol. The predicted molar refractivity (Wildman–Crippen MR) is 69.4 cm³/mol. The molecule has 1 aliphatic carbocycles. The van der Waals surface area contributed by atoms with Crippen LogP contribution in [0.4, 0.5) is 13.2 Å². The summed E-state index contributed by atoms with van der Waals surface area (Å²) in [6.07, 6.45) is -3.56. The van der Waals surface area contributed by atoms with Gasteiger partial charge < -0.3 is 10.8 Å². The Bertz CT molecular complexity index is 449. The molecule has 0 radical (unpaired) electrons. The van der Waals surface area contributed by atoms with Gasteiger partial charge in [-0.3, -0.25) is 0 Å². The number of benzene rings is 1. The average Bonchev–Trinajstić information content (AvgIpc) is 3.08. The topological polar surface area (TPSA) is 46.2 Å². The summed E-state index contributed by atoms with van der Waals surface area (Å²) in [5.41, 5.74) is 5.16. The van der Waals surface area contributed by atoms with Crippen LogP contribution in [0.3, 0.4) is 0 Å². The minimum absolute atomic E-state index is 0. The summed E-state index contributed by atoms with van der Waals surface area (Å²) >= 11 is 5.66. The van der Waals surface area contributed by atoms with Gasteiger partial charge in [0.1, 0.15) is 0 Å². The lowest BCUT2D eigenvalue weighted by Crippen LogP contribution is -2.28. The molecule has 2 rings (SSSR count). The van der Waals surface area contributed by atoms with Crippen molar-refractivity contribution in [1.82, 2.24) is 0 Å². The summed E-state index contributed by atoms with van der Waals surface area (Å²) in [7, 11) is 0. The molecule has 3 N–H and O–H groups in total. The average molecular weight is 316 g/mol. The van der Waals surface area contributed by atoms with E-state index in [4.69, 9.17) is 17.3 Å². The molecule has 0 heterocycles. The minimum Gasteiger partial charge on any atom is -0.391 e. The van der Waals surface area contributed by atoms with E-state index in [1.54, 1.807) is 0 Å². The lowest BCUT2D eigenvalue weighted by Gasteiger charge is -2.20. The molecule has 2 nitrogen and oxygen atoms in total. The summed E-state index contributed by atoms with van der Waals surface area (Å²) < 4.78 is 37.9. The van der Waals surface area contributed by atoms with Gasteiger partial charge >= 0.3 is 6.18 Å². The van der Waals surface area contributed by atoms with E-state index in [-0.39, 0.29) is 28.9 Å². The Morgan fingerprint density at radius 2 is 1.84 bits per heavy atom. The zero-order valence-corrected chi connectivity index (χ0v) is 11.4. The highest BCUT2D eigenvalue weighted by molar-refractivity contribution is 6.30. The Labute approximate surface area is 120 Å². The van der Waals surface area contributed by atoms with E-state index >= 15 is 0 Å². The van der Waals surface area contributed by atoms with Crippen LogP contribution in [0.15, 0.2) is 18.2 Å². The first-order valence-corrected chi connectivity index (χ1v) is 5.98. The Morgan fingerprint density at radius 3 is 2.32 bits per heavy atom. The molecule has 1 saturated carbocycles. The third kappa shape index (κ3) is 3.99. The van der Waals surface area contributed by atoms with Gasteiger partial charge in [0.15, 0.2) is 0 Å². The van der Waals surface area contributed by atoms with Gasteiger partial charge in [0.25, 0.3) is 0 Å². The van der Waals surface area contributed by atoms with Crippen molar-refractivity contribution >= 4 is 24.0 Å². The maximum atomic E-state index is 12.6. The Kier molecular flexibility index (Phi) is 5.12. The van der Waals surface area contributed by atoms with E-state index in [0.717, 1.165) is 25.0 Å². The number of hydrogen-bond donors (Lipinski definition) is 2. The summed E-state index contributed by atoms with van der Waals surface area (Å²) in [6.45, 7) is 0. The van der Waals surface area contributed by atoms with Crippen molar-refractivity contribution in [3.8, 4) is 0 Å². The molecule has 1 fully saturated rings. The standard InChI is InChI=1S/C12H13ClF3NO.ClH/c13-9-4-7(3-8(5-9)12(14,15)16)10(17)11(18)6-1-2-6;/h3-6,10-11,18H,1-2,17H2;1H/t10-,11+;/m1./s1. The highest BCUT2D eigenvalue weighted by Gasteiger charge is 2.36. The molecule has 0 aromatic heterocycles. The number of aliphatic hydroxyl groups excluding tert-OH is 1. The van der Waals surface area contributed by atoms with E-state index in [0.29, 0.717) is 0 Å². The lowest BCUT2D eigenvalue weighted by atomic mass is 9.97. The van der Waals surface area contributed by atoms with Crippen LogP contribution < -0.4 is 5.73 Å². The molecule has 1 aromatic carbocycles. The smallest absolute Gasteiger partial charge is 0.391 e. The fourth-order valence-corrected chi connectivity index (χ4v) is 2.14. The van der Waals surface area contributed by atoms with Crippen molar-refractivity contribution in [1.29, 1.82) is 0 Å². The van der Waals surface area contributed by atoms with Crippen molar-refractivity contribution < 1.29 is 18.3 Å². The van der Waals surface area contributed by atoms with Gasteiger partial charge in [0.05, 0.1) is 17.7 Å². The second kappa shape index (κ2) is 5.87. The number of alkyl halides is 3. The highest BCUT2D eigenvalue weighted by atomic mass is 35.5. The predicted octanol–water partition coefficient (Wildman–Crippen LogP) is 3.55. The van der Waals surface area contributed by atoms with Gasteiger partial charge in [-0.05, 0) is 42.5 Å². The van der Waals surface area contributed by atoms with Gasteiger partial charge in [-0.15, -0.1) is 12.4 Å². The molecule has 0 amide bonds. The summed E-state index contributed by atoms with van der Waals surface area (Å²) in [5, 5.41) is 9.82. The van der Waals surface area contributed by atoms with Crippen molar-refractivity contribution in [2.24, 2.45) is 11.7 Å². The third-order valence-corrected chi connectivity index (χ3v) is 3.32. The highest BCUT2D eigenvalue weighted by Crippen LogP contribution is 2.39. The Hall–Kier alpha value is -0.490. The molecule has 19 heavy (non-hydrogen) atoms. The van der Waals surface area contributed by atoms with Crippen molar-refractivity contribution in [3.05, 3.63) is 34.3 Å². The largest absolute Gasteiger partial charge is 0.416 e. The molecule has 0 bridgehead atoms. The van der Waals surface area contributed by atoms with Gasteiger partial charge in [-0.1, -0.05) is 11.6 Å². The molecular weight excluding hydrogens is 302 g/mol. The molecule has 0 aliphatic heterocycles. The van der Waals surface area contributed by atoms with Crippen LogP contribution in [-0.2, 0) is 6.18 Å². The number of nitrogens with two attached hydrogens (primary N) is 1. The van der Waals surface area contributed by atoms with Crippen molar-refractivity contribution in [2.45, 2.75) is 31.2 Å². The van der Waals surface area contributed by atoms with E-state index in [2.05, 4.69) is 0 Å². The maximum Gasteiger partial charge on any atom is 0.416 e. The molecule has 2 atom stereocenters. The summed E-state index contributed by atoms with van der Waals surface area (Å²) in [5.74, 6) is 0.0910. The zero-order valence-electron chi connectivity index (χ0n) is 9.82. The van der Waals surface area contributed by atoms with Crippen LogP contribution in [0.25, 0.3) is 0 Å². The lowest BCUT2D eigenvalue weighted by molar-refractivity contribution is -0.137. The van der Waals surface area contributed by atoms with Crippen molar-refractivity contribution in [3.63, 3.8) is 0 Å². The SMILES string of the molecule is Cl.N[C@H](c1cc(Cl)cc(C(F)(F)F)c1)[C@@H](O)C1CC1. The first kappa shape index (κ1) is 16.6. The zero-order chi connectivity index (χ0) is 13.5. The molecule has 0 saturated heterocycles. The first-order chi connectivity index (χ1) is 8.29. The molecule has 0 spiro atoms. The second-order valence-electron chi connectivity index (χ2n) is 4.62. The Balaban J connectivity index is 0.00000180. The van der Waals surface area contributed by atoms with Crippen LogP contribution in [0.1, 0.15) is 30.0 Å². The van der Waals surface area contributed by atoms with E-state index in [1.807, 2.05) is 0 Å². The van der Waals surface area contributed by atoms with Crippen LogP contribution in [0.2, 0.25) is 5.02 Å². The number of halogens is 5. The van der Waals surface area contributed by atoms with Crippen LogP contribution in [-0.4, -0.2) is 11.2 Å². The van der Waals surface area contributed by atoms with Crippen LogP contribution in [0, 0.1) is 5.92 Å². The number of hydrogen-bond acceptors (Lipinski definition) is 2. The van der Waals surface area contributed by atoms with Gasteiger partial charge in [0.2, 0.25) is 0 Å². The number of rotatable bonds is 3. The quantitative estimate of drug-likeness (QED) is 0.896. The third-order valence-electron chi connectivity index (χ3n) is 3.11. The molecule has 1 aliphatic rings. The summed E-state index contributed by atoms with van der Waals surface area (Å²) in [6, 6.07) is 2.33. The maximum absolute atomic E-state index is 12.6. The van der Waals surface area contributed by atoms with Gasteiger partial charge in [0, 0.05) is 5.02 Å². The molecule has 108 valence electrons. The number of aliphatic hydroxyl groups is 1. The van der Waals surface area contributed by atoms with Gasteiger partial charge in [-0.25, -0.2) is 0 Å². The molecule has 1 aromatic rings. The van der Waals surface area contributed by atoms with Crippen molar-refractivity contribution in [2.75, 3.05) is 0 Å². The normalized spacial score (nSPS) is 18.6. The fourth-order valence-electron chi connectivity index (χ4n) is 1.90. The van der Waals surface area contributed by atoms with E-state index < -0.39 is 23.9 Å². The molecule has 7 heteroatoms. The van der Waals surface area contributed by atoms with E-state index in [9.17, 15) is 18.3 Å². The minimum atomic E-state index is -4.47. The van der Waals surface area contributed by atoms with E-state index in [1.165, 1.54) is 6.07 Å². The summed E-state index contributed by atoms with van der Waals surface area (Å²) in [4.78, 5) is 0. The molecule has 0 unspecified atom stereocenters. The molecular formula is C12H14Cl2F3NO.